The summed E-state index contributed by atoms with van der Waals surface area (Å²) in [6.45, 7) is 9.59. The quantitative estimate of drug-likeness (QED) is 0.807. The molecule has 1 saturated carbocycles. The van der Waals surface area contributed by atoms with Gasteiger partial charge in [-0.25, -0.2) is 0 Å². The molecule has 1 aliphatic carbocycles. The highest BCUT2D eigenvalue weighted by Crippen LogP contribution is 2.48. The average molecular weight is 288 g/mol. The van der Waals surface area contributed by atoms with Crippen molar-refractivity contribution in [3.63, 3.8) is 0 Å². The van der Waals surface area contributed by atoms with Gasteiger partial charge in [0, 0.05) is 0 Å². The highest BCUT2D eigenvalue weighted by Gasteiger charge is 2.51. The SMILES string of the molecule is Cc1ccccc1COC1CCC2CCC1(C)OC2(C)C. The lowest BCUT2D eigenvalue weighted by Gasteiger charge is -2.47. The monoisotopic (exact) mass is 288 g/mol. The maximum absolute atomic E-state index is 6.49. The number of fused-ring (bicyclic) bond motifs is 4. The van der Waals surface area contributed by atoms with Gasteiger partial charge in [-0.1, -0.05) is 24.3 Å². The standard InChI is InChI=1S/C19H28O2/c1-14-7-5-6-8-15(14)13-20-17-10-9-16-11-12-19(17,4)21-18(16,2)3/h5-8,16-17H,9-13H2,1-4H3. The van der Waals surface area contributed by atoms with Crippen LogP contribution in [0.3, 0.4) is 0 Å². The van der Waals surface area contributed by atoms with Gasteiger partial charge in [0.15, 0.2) is 0 Å². The Balaban J connectivity index is 1.73. The number of hydrogen-bond acceptors (Lipinski definition) is 2. The van der Waals surface area contributed by atoms with E-state index in [1.54, 1.807) is 0 Å². The van der Waals surface area contributed by atoms with Gasteiger partial charge in [-0.15, -0.1) is 0 Å². The third-order valence-corrected chi connectivity index (χ3v) is 5.63. The van der Waals surface area contributed by atoms with Crippen LogP contribution in [0.15, 0.2) is 24.3 Å². The minimum atomic E-state index is -0.126. The fourth-order valence-corrected chi connectivity index (χ4v) is 4.14. The molecule has 3 unspecified atom stereocenters. The molecule has 3 aliphatic rings. The van der Waals surface area contributed by atoms with Crippen LogP contribution in [0.4, 0.5) is 0 Å². The second-order valence-electron chi connectivity index (χ2n) is 7.56. The highest BCUT2D eigenvalue weighted by molar-refractivity contribution is 5.24. The molecule has 0 amide bonds. The molecule has 2 heteroatoms. The van der Waals surface area contributed by atoms with Crippen LogP contribution in [0.5, 0.6) is 0 Å². The Morgan fingerprint density at radius 1 is 1.14 bits per heavy atom. The fourth-order valence-electron chi connectivity index (χ4n) is 4.14. The van der Waals surface area contributed by atoms with Gasteiger partial charge in [0.25, 0.3) is 0 Å². The summed E-state index contributed by atoms with van der Waals surface area (Å²) in [6.07, 6.45) is 4.95. The first-order valence-electron chi connectivity index (χ1n) is 8.27. The average Bonchev–Trinajstić information content (AvgIpc) is 2.62. The minimum Gasteiger partial charge on any atom is -0.371 e. The molecule has 2 bridgehead atoms. The number of aryl methyl sites for hydroxylation is 1. The van der Waals surface area contributed by atoms with E-state index in [2.05, 4.69) is 52.0 Å². The molecule has 1 aromatic carbocycles. The van der Waals surface area contributed by atoms with Crippen LogP contribution in [0.2, 0.25) is 0 Å². The molecule has 0 aromatic heterocycles. The van der Waals surface area contributed by atoms with Crippen molar-refractivity contribution in [2.45, 2.75) is 77.3 Å². The van der Waals surface area contributed by atoms with E-state index in [1.165, 1.54) is 24.0 Å². The molecule has 116 valence electrons. The van der Waals surface area contributed by atoms with Crippen LogP contribution >= 0.6 is 0 Å². The Morgan fingerprint density at radius 3 is 2.62 bits per heavy atom. The van der Waals surface area contributed by atoms with Gasteiger partial charge in [0.2, 0.25) is 0 Å². The second kappa shape index (κ2) is 5.40. The summed E-state index contributed by atoms with van der Waals surface area (Å²) < 4.78 is 12.8. The third-order valence-electron chi connectivity index (χ3n) is 5.63. The van der Waals surface area contributed by atoms with E-state index in [0.29, 0.717) is 12.5 Å². The summed E-state index contributed by atoms with van der Waals surface area (Å²) in [5.41, 5.74) is 2.47. The Bertz CT molecular complexity index is 508. The predicted octanol–water partition coefficient (Wildman–Crippen LogP) is 4.64. The van der Waals surface area contributed by atoms with E-state index in [9.17, 15) is 0 Å². The van der Waals surface area contributed by atoms with E-state index < -0.39 is 0 Å². The zero-order chi connectivity index (χ0) is 15.1. The van der Waals surface area contributed by atoms with Crippen LogP contribution in [-0.2, 0) is 16.1 Å². The van der Waals surface area contributed by atoms with E-state index in [1.807, 2.05) is 0 Å². The summed E-state index contributed by atoms with van der Waals surface area (Å²) >= 11 is 0. The second-order valence-corrected chi connectivity index (χ2v) is 7.56. The van der Waals surface area contributed by atoms with Gasteiger partial charge >= 0.3 is 0 Å². The maximum Gasteiger partial charge on any atom is 0.0922 e. The van der Waals surface area contributed by atoms with Crippen LogP contribution < -0.4 is 0 Å². The van der Waals surface area contributed by atoms with Crippen LogP contribution in [0, 0.1) is 12.8 Å². The van der Waals surface area contributed by atoms with Gasteiger partial charge in [-0.05, 0) is 70.4 Å². The molecule has 3 fully saturated rings. The lowest BCUT2D eigenvalue weighted by atomic mass is 9.80. The van der Waals surface area contributed by atoms with Crippen molar-refractivity contribution in [3.05, 3.63) is 35.4 Å². The van der Waals surface area contributed by atoms with Crippen molar-refractivity contribution < 1.29 is 9.47 Å². The van der Waals surface area contributed by atoms with E-state index in [0.717, 1.165) is 12.8 Å². The van der Waals surface area contributed by atoms with Gasteiger partial charge in [0.1, 0.15) is 0 Å². The van der Waals surface area contributed by atoms with Crippen LogP contribution in [-0.4, -0.2) is 17.3 Å². The Morgan fingerprint density at radius 2 is 1.90 bits per heavy atom. The summed E-state index contributed by atoms with van der Waals surface area (Å²) in [6, 6.07) is 8.49. The fraction of sp³-hybridized carbons (Fsp3) is 0.684. The number of ether oxygens (including phenoxy) is 2. The first-order valence-corrected chi connectivity index (χ1v) is 8.27. The summed E-state index contributed by atoms with van der Waals surface area (Å²) in [5, 5.41) is 0. The molecule has 3 atom stereocenters. The molecule has 2 nitrogen and oxygen atoms in total. The zero-order valence-corrected chi connectivity index (χ0v) is 13.8. The molecule has 2 saturated heterocycles. The minimum absolute atomic E-state index is 0.00618. The number of benzene rings is 1. The number of hydrogen-bond donors (Lipinski definition) is 0. The topological polar surface area (TPSA) is 18.5 Å². The first-order chi connectivity index (χ1) is 9.91. The Labute approximate surface area is 128 Å². The summed E-state index contributed by atoms with van der Waals surface area (Å²) in [4.78, 5) is 0. The van der Waals surface area contributed by atoms with Crippen molar-refractivity contribution in [3.8, 4) is 0 Å². The van der Waals surface area contributed by atoms with Gasteiger partial charge in [-0.2, -0.15) is 0 Å². The van der Waals surface area contributed by atoms with Gasteiger partial charge in [-0.3, -0.25) is 0 Å². The third kappa shape index (κ3) is 2.89. The van der Waals surface area contributed by atoms with E-state index in [4.69, 9.17) is 9.47 Å². The van der Waals surface area contributed by atoms with E-state index >= 15 is 0 Å². The smallest absolute Gasteiger partial charge is 0.0922 e. The van der Waals surface area contributed by atoms with Crippen molar-refractivity contribution in [2.24, 2.45) is 5.92 Å². The first kappa shape index (κ1) is 15.1. The Kier molecular flexibility index (Phi) is 3.87. The maximum atomic E-state index is 6.49. The van der Waals surface area contributed by atoms with Gasteiger partial charge in [0.05, 0.1) is 23.9 Å². The molecular formula is C19H28O2. The largest absolute Gasteiger partial charge is 0.371 e. The lowest BCUT2D eigenvalue weighted by Crippen LogP contribution is -2.52. The van der Waals surface area contributed by atoms with Gasteiger partial charge < -0.3 is 9.47 Å². The van der Waals surface area contributed by atoms with Crippen molar-refractivity contribution >= 4 is 0 Å². The summed E-state index contributed by atoms with van der Waals surface area (Å²) in [5.74, 6) is 0.678. The molecule has 1 aromatic rings. The molecular weight excluding hydrogens is 260 g/mol. The Hall–Kier alpha value is -0.860. The van der Waals surface area contributed by atoms with Crippen LogP contribution in [0.25, 0.3) is 0 Å². The van der Waals surface area contributed by atoms with Crippen molar-refractivity contribution in [1.82, 2.24) is 0 Å². The zero-order valence-electron chi connectivity index (χ0n) is 13.8. The number of rotatable bonds is 3. The molecule has 0 N–H and O–H groups in total. The summed E-state index contributed by atoms with van der Waals surface area (Å²) in [7, 11) is 0. The lowest BCUT2D eigenvalue weighted by molar-refractivity contribution is -0.223. The normalized spacial score (nSPS) is 34.7. The molecule has 21 heavy (non-hydrogen) atoms. The van der Waals surface area contributed by atoms with Crippen molar-refractivity contribution in [2.75, 3.05) is 0 Å². The molecule has 4 rings (SSSR count). The molecule has 2 aliphatic heterocycles. The molecule has 2 heterocycles. The predicted molar refractivity (Wildman–Crippen MR) is 85.3 cm³/mol. The highest BCUT2D eigenvalue weighted by atomic mass is 16.6. The van der Waals surface area contributed by atoms with E-state index in [-0.39, 0.29) is 17.3 Å². The van der Waals surface area contributed by atoms with Crippen LogP contribution in [0.1, 0.15) is 57.6 Å². The molecule has 0 radical (unpaired) electrons. The van der Waals surface area contributed by atoms with Crippen molar-refractivity contribution in [1.29, 1.82) is 0 Å². The molecule has 0 spiro atoms.